The molecule has 1 aliphatic heterocycles. The molecule has 11 heteroatoms. The molecule has 26 heavy (non-hydrogen) atoms. The zero-order valence-corrected chi connectivity index (χ0v) is 14.2. The predicted molar refractivity (Wildman–Crippen MR) is 85.6 cm³/mol. The fourth-order valence-corrected chi connectivity index (χ4v) is 2.92. The summed E-state index contributed by atoms with van der Waals surface area (Å²) in [6.07, 6.45) is -3.42. The van der Waals surface area contributed by atoms with E-state index in [9.17, 15) is 18.0 Å². The number of alkyl halides is 3. The molecule has 0 unspecified atom stereocenters. The summed E-state index contributed by atoms with van der Waals surface area (Å²) in [5.41, 5.74) is 0.0356. The Morgan fingerprint density at radius 3 is 2.69 bits per heavy atom. The second kappa shape index (κ2) is 7.44. The van der Waals surface area contributed by atoms with Crippen LogP contribution in [0.2, 0.25) is 0 Å². The minimum absolute atomic E-state index is 0.0247. The third-order valence-corrected chi connectivity index (χ3v) is 4.30. The van der Waals surface area contributed by atoms with Crippen molar-refractivity contribution in [2.75, 3.05) is 38.3 Å². The van der Waals surface area contributed by atoms with Crippen LogP contribution in [0.1, 0.15) is 18.7 Å². The van der Waals surface area contributed by atoms with Crippen molar-refractivity contribution in [3.05, 3.63) is 18.0 Å². The molecule has 1 N–H and O–H groups in total. The Balaban J connectivity index is 1.67. The molecule has 8 nitrogen and oxygen atoms in total. The van der Waals surface area contributed by atoms with Gasteiger partial charge in [0, 0.05) is 32.7 Å². The van der Waals surface area contributed by atoms with E-state index in [1.165, 1.54) is 6.07 Å². The highest BCUT2D eigenvalue weighted by atomic mass is 19.4. The number of hydrogen-bond acceptors (Lipinski definition) is 6. The molecule has 2 aromatic heterocycles. The van der Waals surface area contributed by atoms with Crippen LogP contribution in [0.15, 0.2) is 12.1 Å². The van der Waals surface area contributed by atoms with Gasteiger partial charge in [0.15, 0.2) is 5.65 Å². The Bertz CT molecular complexity index is 770. The summed E-state index contributed by atoms with van der Waals surface area (Å²) in [6, 6.07) is 3.07. The topological polar surface area (TPSA) is 84.6 Å². The van der Waals surface area contributed by atoms with Crippen molar-refractivity contribution in [3.63, 3.8) is 0 Å². The molecule has 1 aliphatic rings. The number of ether oxygens (including phenoxy) is 1. The monoisotopic (exact) mass is 372 g/mol. The molecule has 2 aromatic rings. The second-order valence-electron chi connectivity index (χ2n) is 6.03. The Hall–Kier alpha value is -2.43. The van der Waals surface area contributed by atoms with Crippen LogP contribution in [0, 0.1) is 5.92 Å². The molecule has 0 spiro atoms. The molecular formula is C15H19F3N6O2. The Labute approximate surface area is 147 Å². The molecule has 3 rings (SSSR count). The summed E-state index contributed by atoms with van der Waals surface area (Å²) < 4.78 is 44.5. The average Bonchev–Trinajstić information content (AvgIpc) is 3.05. The number of fused-ring (bicyclic) bond motifs is 1. The molecule has 3 heterocycles. The van der Waals surface area contributed by atoms with Gasteiger partial charge in [0.25, 0.3) is 5.82 Å². The summed E-state index contributed by atoms with van der Waals surface area (Å²) in [7, 11) is 1.56. The highest BCUT2D eigenvalue weighted by Gasteiger charge is 2.38. The van der Waals surface area contributed by atoms with Gasteiger partial charge in [0.2, 0.25) is 5.91 Å². The zero-order valence-electron chi connectivity index (χ0n) is 14.2. The van der Waals surface area contributed by atoms with Crippen LogP contribution in [0.25, 0.3) is 5.65 Å². The van der Waals surface area contributed by atoms with E-state index < -0.39 is 12.0 Å². The number of anilines is 1. The fourth-order valence-electron chi connectivity index (χ4n) is 2.92. The maximum absolute atomic E-state index is 13.0. The van der Waals surface area contributed by atoms with Crippen LogP contribution < -0.4 is 10.2 Å². The highest BCUT2D eigenvalue weighted by molar-refractivity contribution is 5.78. The predicted octanol–water partition coefficient (Wildman–Crippen LogP) is 1.12. The van der Waals surface area contributed by atoms with E-state index in [2.05, 4.69) is 20.6 Å². The van der Waals surface area contributed by atoms with E-state index in [1.54, 1.807) is 13.2 Å². The average molecular weight is 372 g/mol. The highest BCUT2D eigenvalue weighted by Crippen LogP contribution is 2.28. The number of hydrogen-bond donors (Lipinski definition) is 1. The quantitative estimate of drug-likeness (QED) is 0.792. The van der Waals surface area contributed by atoms with Crippen molar-refractivity contribution >= 4 is 17.4 Å². The number of methoxy groups -OCH3 is 1. The first-order chi connectivity index (χ1) is 12.4. The van der Waals surface area contributed by atoms with Crippen LogP contribution >= 0.6 is 0 Å². The Morgan fingerprint density at radius 2 is 2.04 bits per heavy atom. The van der Waals surface area contributed by atoms with Crippen LogP contribution in [-0.4, -0.2) is 59.1 Å². The van der Waals surface area contributed by atoms with E-state index in [-0.39, 0.29) is 17.5 Å². The van der Waals surface area contributed by atoms with Crippen molar-refractivity contribution in [2.45, 2.75) is 19.0 Å². The first kappa shape index (κ1) is 18.4. The third kappa shape index (κ3) is 3.87. The second-order valence-corrected chi connectivity index (χ2v) is 6.03. The third-order valence-electron chi connectivity index (χ3n) is 4.30. The standard InChI is InChI=1S/C15H19F3N6O2/c1-26-9-6-19-13(25)10-4-7-23(8-5-10)12-3-2-11-20-21-14(15(16,17)18)24(11)22-12/h2-3,10H,4-9H2,1H3,(H,19,25). The number of amides is 1. The molecule has 0 atom stereocenters. The van der Waals surface area contributed by atoms with Gasteiger partial charge in [-0.3, -0.25) is 4.79 Å². The van der Waals surface area contributed by atoms with E-state index >= 15 is 0 Å². The van der Waals surface area contributed by atoms with Crippen molar-refractivity contribution in [2.24, 2.45) is 5.92 Å². The van der Waals surface area contributed by atoms with Crippen LogP contribution in [-0.2, 0) is 15.7 Å². The van der Waals surface area contributed by atoms with Crippen LogP contribution in [0.5, 0.6) is 0 Å². The number of carbonyl (C=O) groups is 1. The Morgan fingerprint density at radius 1 is 1.31 bits per heavy atom. The number of carbonyl (C=O) groups excluding carboxylic acids is 1. The van der Waals surface area contributed by atoms with E-state index in [0.29, 0.717) is 49.4 Å². The van der Waals surface area contributed by atoms with Crippen molar-refractivity contribution < 1.29 is 22.7 Å². The summed E-state index contributed by atoms with van der Waals surface area (Å²) >= 11 is 0. The largest absolute Gasteiger partial charge is 0.453 e. The number of rotatable bonds is 5. The van der Waals surface area contributed by atoms with Crippen LogP contribution in [0.3, 0.4) is 0 Å². The minimum atomic E-state index is -4.63. The maximum Gasteiger partial charge on any atom is 0.453 e. The van der Waals surface area contributed by atoms with E-state index in [0.717, 1.165) is 0 Å². The van der Waals surface area contributed by atoms with Gasteiger partial charge in [-0.2, -0.15) is 17.7 Å². The molecule has 1 fully saturated rings. The zero-order chi connectivity index (χ0) is 18.7. The fraction of sp³-hybridized carbons (Fsp3) is 0.600. The Kier molecular flexibility index (Phi) is 5.25. The molecular weight excluding hydrogens is 353 g/mol. The van der Waals surface area contributed by atoms with Gasteiger partial charge in [-0.05, 0) is 25.0 Å². The lowest BCUT2D eigenvalue weighted by molar-refractivity contribution is -0.146. The number of nitrogens with zero attached hydrogens (tertiary/aromatic N) is 5. The molecule has 0 aromatic carbocycles. The number of aromatic nitrogens is 4. The smallest absolute Gasteiger partial charge is 0.383 e. The number of nitrogens with one attached hydrogen (secondary N) is 1. The van der Waals surface area contributed by atoms with Crippen LogP contribution in [0.4, 0.5) is 19.0 Å². The lowest BCUT2D eigenvalue weighted by atomic mass is 9.96. The maximum atomic E-state index is 13.0. The minimum Gasteiger partial charge on any atom is -0.383 e. The summed E-state index contributed by atoms with van der Waals surface area (Å²) in [5, 5.41) is 13.5. The van der Waals surface area contributed by atoms with Crippen molar-refractivity contribution in [1.29, 1.82) is 0 Å². The molecule has 0 saturated carbocycles. The first-order valence-corrected chi connectivity index (χ1v) is 8.21. The first-order valence-electron chi connectivity index (χ1n) is 8.21. The number of piperidine rings is 1. The molecule has 0 bridgehead atoms. The lowest BCUT2D eigenvalue weighted by Gasteiger charge is -2.32. The van der Waals surface area contributed by atoms with Gasteiger partial charge in [-0.1, -0.05) is 0 Å². The van der Waals surface area contributed by atoms with Gasteiger partial charge in [-0.15, -0.1) is 15.3 Å². The summed E-state index contributed by atoms with van der Waals surface area (Å²) in [4.78, 5) is 13.9. The molecule has 1 amide bonds. The van der Waals surface area contributed by atoms with Gasteiger partial charge < -0.3 is 15.0 Å². The van der Waals surface area contributed by atoms with E-state index in [1.807, 2.05) is 4.90 Å². The number of halogens is 3. The molecule has 142 valence electrons. The molecule has 0 radical (unpaired) electrons. The van der Waals surface area contributed by atoms with Crippen molar-refractivity contribution in [1.82, 2.24) is 25.1 Å². The lowest BCUT2D eigenvalue weighted by Crippen LogP contribution is -2.41. The molecule has 1 saturated heterocycles. The summed E-state index contributed by atoms with van der Waals surface area (Å²) in [5.74, 6) is -0.890. The van der Waals surface area contributed by atoms with Crippen molar-refractivity contribution in [3.8, 4) is 0 Å². The van der Waals surface area contributed by atoms with Gasteiger partial charge in [-0.25, -0.2) is 0 Å². The van der Waals surface area contributed by atoms with E-state index in [4.69, 9.17) is 4.74 Å². The summed E-state index contributed by atoms with van der Waals surface area (Å²) in [6.45, 7) is 1.98. The van der Waals surface area contributed by atoms with Gasteiger partial charge in [0.05, 0.1) is 6.61 Å². The van der Waals surface area contributed by atoms with Gasteiger partial charge in [0.1, 0.15) is 5.82 Å². The normalized spacial score (nSPS) is 16.2. The van der Waals surface area contributed by atoms with Gasteiger partial charge >= 0.3 is 6.18 Å². The SMILES string of the molecule is COCCNC(=O)C1CCN(c2ccc3nnc(C(F)(F)F)n3n2)CC1. The molecule has 0 aliphatic carbocycles.